The average molecular weight is 252 g/mol. The third-order valence-corrected chi connectivity index (χ3v) is 2.84. The molecule has 1 N–H and O–H groups in total. The van der Waals surface area contributed by atoms with Gasteiger partial charge in [-0.3, -0.25) is 0 Å². The smallest absolute Gasteiger partial charge is 0.129 e. The van der Waals surface area contributed by atoms with Crippen LogP contribution in [0.4, 0.5) is 8.78 Å². The van der Waals surface area contributed by atoms with Crippen LogP contribution in [0.5, 0.6) is 0 Å². The summed E-state index contributed by atoms with van der Waals surface area (Å²) in [6.45, 7) is 0. The molecule has 1 aromatic carbocycles. The zero-order chi connectivity index (χ0) is 13.1. The molecule has 2 rings (SSSR count). The van der Waals surface area contributed by atoms with Gasteiger partial charge in [-0.25, -0.2) is 13.8 Å². The maximum atomic E-state index is 13.4. The zero-order valence-electron chi connectivity index (χ0n) is 9.98. The summed E-state index contributed by atoms with van der Waals surface area (Å²) in [7, 11) is 1.80. The van der Waals surface area contributed by atoms with Gasteiger partial charge in [0.25, 0.3) is 0 Å². The number of benzene rings is 1. The minimum Gasteiger partial charge on any atom is -0.392 e. The number of aliphatic hydroxyl groups excluding tert-OH is 1. The van der Waals surface area contributed by atoms with Gasteiger partial charge in [0.1, 0.15) is 17.5 Å². The Bertz CT molecular complexity index is 519. The fourth-order valence-electron chi connectivity index (χ4n) is 1.84. The van der Waals surface area contributed by atoms with Crippen LogP contribution >= 0.6 is 0 Å². The highest BCUT2D eigenvalue weighted by atomic mass is 19.1. The van der Waals surface area contributed by atoms with Crippen LogP contribution in [0.3, 0.4) is 0 Å². The van der Waals surface area contributed by atoms with E-state index < -0.39 is 17.7 Å². The molecular formula is C13H14F2N2O. The monoisotopic (exact) mass is 252 g/mol. The Morgan fingerprint density at radius 2 is 1.94 bits per heavy atom. The summed E-state index contributed by atoms with van der Waals surface area (Å²) in [5.74, 6) is -0.581. The van der Waals surface area contributed by atoms with Gasteiger partial charge in [0.15, 0.2) is 0 Å². The Morgan fingerprint density at radius 1 is 1.28 bits per heavy atom. The second-order valence-electron chi connectivity index (χ2n) is 4.22. The largest absolute Gasteiger partial charge is 0.392 e. The van der Waals surface area contributed by atoms with Crippen molar-refractivity contribution in [2.75, 3.05) is 0 Å². The van der Waals surface area contributed by atoms with Gasteiger partial charge in [-0.15, -0.1) is 0 Å². The molecule has 0 saturated heterocycles. The maximum Gasteiger partial charge on any atom is 0.129 e. The van der Waals surface area contributed by atoms with E-state index in [1.165, 1.54) is 18.2 Å². The molecule has 3 nitrogen and oxygen atoms in total. The van der Waals surface area contributed by atoms with E-state index in [-0.39, 0.29) is 18.4 Å². The van der Waals surface area contributed by atoms with Gasteiger partial charge in [0.05, 0.1) is 6.10 Å². The molecule has 0 radical (unpaired) electrons. The molecular weight excluding hydrogens is 238 g/mol. The quantitative estimate of drug-likeness (QED) is 0.901. The van der Waals surface area contributed by atoms with Crippen LogP contribution in [0.1, 0.15) is 11.4 Å². The van der Waals surface area contributed by atoms with Crippen molar-refractivity contribution in [2.45, 2.75) is 18.9 Å². The van der Waals surface area contributed by atoms with Crippen molar-refractivity contribution in [1.82, 2.24) is 9.55 Å². The molecule has 0 aliphatic rings. The lowest BCUT2D eigenvalue weighted by atomic mass is 10.0. The molecule has 1 heterocycles. The first-order valence-corrected chi connectivity index (χ1v) is 5.65. The van der Waals surface area contributed by atoms with Crippen molar-refractivity contribution in [3.05, 3.63) is 53.6 Å². The number of rotatable bonds is 4. The lowest BCUT2D eigenvalue weighted by molar-refractivity contribution is 0.169. The topological polar surface area (TPSA) is 38.0 Å². The van der Waals surface area contributed by atoms with Crippen molar-refractivity contribution in [3.8, 4) is 0 Å². The second-order valence-corrected chi connectivity index (χ2v) is 4.22. The highest BCUT2D eigenvalue weighted by molar-refractivity contribution is 5.20. The summed E-state index contributed by atoms with van der Waals surface area (Å²) in [5.41, 5.74) is -0.0841. The fourth-order valence-corrected chi connectivity index (χ4v) is 1.84. The lowest BCUT2D eigenvalue weighted by Gasteiger charge is -2.11. The van der Waals surface area contributed by atoms with Crippen molar-refractivity contribution in [3.63, 3.8) is 0 Å². The minimum absolute atomic E-state index is 0.0641. The molecule has 18 heavy (non-hydrogen) atoms. The highest BCUT2D eigenvalue weighted by Gasteiger charge is 2.15. The van der Waals surface area contributed by atoms with Crippen molar-refractivity contribution >= 4 is 0 Å². The number of aromatic nitrogens is 2. The number of aliphatic hydroxyl groups is 1. The molecule has 2 aromatic rings. The molecule has 96 valence electrons. The molecule has 0 spiro atoms. The van der Waals surface area contributed by atoms with Crippen LogP contribution in [-0.4, -0.2) is 20.8 Å². The number of hydrogen-bond donors (Lipinski definition) is 1. The van der Waals surface area contributed by atoms with Gasteiger partial charge in [-0.05, 0) is 12.1 Å². The first-order chi connectivity index (χ1) is 8.58. The van der Waals surface area contributed by atoms with Gasteiger partial charge in [0.2, 0.25) is 0 Å². The van der Waals surface area contributed by atoms with E-state index in [2.05, 4.69) is 4.98 Å². The molecule has 5 heteroatoms. The SMILES string of the molecule is Cn1ccnc1CC(O)Cc1c(F)cccc1F. The average Bonchev–Trinajstić information content (AvgIpc) is 2.70. The van der Waals surface area contributed by atoms with E-state index in [0.717, 1.165) is 0 Å². The van der Waals surface area contributed by atoms with E-state index in [1.54, 1.807) is 24.0 Å². The molecule has 1 unspecified atom stereocenters. The van der Waals surface area contributed by atoms with E-state index in [1.807, 2.05) is 0 Å². The highest BCUT2D eigenvalue weighted by Crippen LogP contribution is 2.15. The van der Waals surface area contributed by atoms with Crippen LogP contribution in [-0.2, 0) is 19.9 Å². The van der Waals surface area contributed by atoms with Crippen LogP contribution in [0.15, 0.2) is 30.6 Å². The summed E-state index contributed by atoms with van der Waals surface area (Å²) in [6, 6.07) is 3.68. The van der Waals surface area contributed by atoms with Crippen molar-refractivity contribution < 1.29 is 13.9 Å². The molecule has 0 saturated carbocycles. The van der Waals surface area contributed by atoms with Gasteiger partial charge >= 0.3 is 0 Å². The Morgan fingerprint density at radius 3 is 2.50 bits per heavy atom. The van der Waals surface area contributed by atoms with Crippen LogP contribution < -0.4 is 0 Å². The molecule has 0 bridgehead atoms. The molecule has 0 aliphatic carbocycles. The number of imidazole rings is 1. The lowest BCUT2D eigenvalue weighted by Crippen LogP contribution is -2.18. The number of nitrogens with zero attached hydrogens (tertiary/aromatic N) is 2. The molecule has 0 amide bonds. The molecule has 0 aliphatic heterocycles. The Balaban J connectivity index is 2.08. The molecule has 1 atom stereocenters. The predicted octanol–water partition coefficient (Wildman–Crippen LogP) is 1.84. The minimum atomic E-state index is -0.863. The van der Waals surface area contributed by atoms with E-state index in [4.69, 9.17) is 0 Å². The number of hydrogen-bond acceptors (Lipinski definition) is 2. The van der Waals surface area contributed by atoms with Crippen LogP contribution in [0, 0.1) is 11.6 Å². The summed E-state index contributed by atoms with van der Waals surface area (Å²) in [5, 5.41) is 9.86. The Labute approximate surface area is 104 Å². The Hall–Kier alpha value is -1.75. The van der Waals surface area contributed by atoms with Gasteiger partial charge < -0.3 is 9.67 Å². The van der Waals surface area contributed by atoms with E-state index in [0.29, 0.717) is 5.82 Å². The molecule has 1 aromatic heterocycles. The molecule has 0 fully saturated rings. The summed E-state index contributed by atoms with van der Waals surface area (Å²) >= 11 is 0. The van der Waals surface area contributed by atoms with Gasteiger partial charge in [0, 0.05) is 37.8 Å². The zero-order valence-corrected chi connectivity index (χ0v) is 9.98. The standard InChI is InChI=1S/C13H14F2N2O/c1-17-6-5-16-13(17)8-9(18)7-10-11(14)3-2-4-12(10)15/h2-6,9,18H,7-8H2,1H3. The predicted molar refractivity (Wildman–Crippen MR) is 63.0 cm³/mol. The number of halogens is 2. The summed E-state index contributed by atoms with van der Waals surface area (Å²) in [4.78, 5) is 4.06. The van der Waals surface area contributed by atoms with E-state index in [9.17, 15) is 13.9 Å². The van der Waals surface area contributed by atoms with Crippen LogP contribution in [0.2, 0.25) is 0 Å². The Kier molecular flexibility index (Phi) is 3.72. The van der Waals surface area contributed by atoms with Crippen molar-refractivity contribution in [1.29, 1.82) is 0 Å². The third kappa shape index (κ3) is 2.73. The fraction of sp³-hybridized carbons (Fsp3) is 0.308. The van der Waals surface area contributed by atoms with Crippen LogP contribution in [0.25, 0.3) is 0 Å². The van der Waals surface area contributed by atoms with Gasteiger partial charge in [-0.2, -0.15) is 0 Å². The normalized spacial score (nSPS) is 12.7. The van der Waals surface area contributed by atoms with Crippen molar-refractivity contribution in [2.24, 2.45) is 7.05 Å². The second kappa shape index (κ2) is 5.27. The summed E-state index contributed by atoms with van der Waals surface area (Å²) < 4.78 is 28.6. The first kappa shape index (κ1) is 12.7. The third-order valence-electron chi connectivity index (χ3n) is 2.84. The van der Waals surface area contributed by atoms with E-state index >= 15 is 0 Å². The maximum absolute atomic E-state index is 13.4. The first-order valence-electron chi connectivity index (χ1n) is 5.65. The van der Waals surface area contributed by atoms with Gasteiger partial charge in [-0.1, -0.05) is 6.07 Å². The summed E-state index contributed by atoms with van der Waals surface area (Å²) in [6.07, 6.45) is 2.71. The number of aryl methyl sites for hydroxylation is 1.